The molecule has 2 aromatic heterocycles. The monoisotopic (exact) mass is 370 g/mol. The minimum Gasteiger partial charge on any atom is -0.506 e. The van der Waals surface area contributed by atoms with E-state index in [1.165, 1.54) is 0 Å². The number of carbonyl (C=O) groups is 1. The van der Waals surface area contributed by atoms with Crippen LogP contribution in [-0.2, 0) is 0 Å². The summed E-state index contributed by atoms with van der Waals surface area (Å²) < 4.78 is 1.66. The molecule has 0 aliphatic heterocycles. The molecule has 0 unspecified atom stereocenters. The highest BCUT2D eigenvalue weighted by atomic mass is 16.3. The van der Waals surface area contributed by atoms with Gasteiger partial charge >= 0.3 is 0 Å². The number of amides is 1. The van der Waals surface area contributed by atoms with Gasteiger partial charge in [-0.1, -0.05) is 24.3 Å². The van der Waals surface area contributed by atoms with Gasteiger partial charge in [0, 0.05) is 24.2 Å². The molecule has 4 aromatic rings. The van der Waals surface area contributed by atoms with Crippen molar-refractivity contribution in [3.63, 3.8) is 0 Å². The molecule has 0 fully saturated rings. The summed E-state index contributed by atoms with van der Waals surface area (Å²) in [6.07, 6.45) is 5.01. The van der Waals surface area contributed by atoms with Crippen molar-refractivity contribution in [1.82, 2.24) is 14.8 Å². The van der Waals surface area contributed by atoms with Gasteiger partial charge in [-0.05, 0) is 48.9 Å². The Morgan fingerprint density at radius 1 is 1.07 bits per heavy atom. The zero-order chi connectivity index (χ0) is 19.5. The molecule has 0 saturated carbocycles. The largest absolute Gasteiger partial charge is 0.506 e. The number of nitrogens with one attached hydrogen (secondary N) is 1. The van der Waals surface area contributed by atoms with Gasteiger partial charge in [0.2, 0.25) is 0 Å². The van der Waals surface area contributed by atoms with E-state index in [0.29, 0.717) is 16.9 Å². The fraction of sp³-hybridized carbons (Fsp3) is 0.0455. The average molecular weight is 370 g/mol. The second-order valence-corrected chi connectivity index (χ2v) is 6.39. The maximum atomic E-state index is 13.0. The molecule has 0 saturated heterocycles. The van der Waals surface area contributed by atoms with Gasteiger partial charge in [-0.25, -0.2) is 4.68 Å². The van der Waals surface area contributed by atoms with E-state index in [1.54, 1.807) is 41.5 Å². The molecule has 0 aliphatic rings. The lowest BCUT2D eigenvalue weighted by Gasteiger charge is -2.08. The van der Waals surface area contributed by atoms with Crippen molar-refractivity contribution < 1.29 is 9.90 Å². The third kappa shape index (κ3) is 3.48. The molecular weight excluding hydrogens is 352 g/mol. The lowest BCUT2D eigenvalue weighted by Crippen LogP contribution is -2.12. The zero-order valence-corrected chi connectivity index (χ0v) is 15.2. The molecule has 2 aromatic carbocycles. The summed E-state index contributed by atoms with van der Waals surface area (Å²) in [5.74, 6) is -0.341. The first-order valence-corrected chi connectivity index (χ1v) is 8.78. The summed E-state index contributed by atoms with van der Waals surface area (Å²) in [7, 11) is 0. The first kappa shape index (κ1) is 17.5. The van der Waals surface area contributed by atoms with Crippen LogP contribution in [0, 0.1) is 6.92 Å². The number of aromatic nitrogens is 3. The van der Waals surface area contributed by atoms with Crippen molar-refractivity contribution in [2.45, 2.75) is 6.92 Å². The van der Waals surface area contributed by atoms with E-state index in [-0.39, 0.29) is 11.7 Å². The Morgan fingerprint density at radius 2 is 1.89 bits per heavy atom. The maximum absolute atomic E-state index is 13.0. The van der Waals surface area contributed by atoms with Gasteiger partial charge < -0.3 is 10.4 Å². The normalized spacial score (nSPS) is 10.6. The van der Waals surface area contributed by atoms with Crippen LogP contribution in [0.15, 0.2) is 79.3 Å². The predicted molar refractivity (Wildman–Crippen MR) is 108 cm³/mol. The number of phenolic OH excluding ortho intramolecular Hbond substituents is 1. The number of nitrogens with zero attached hydrogens (tertiary/aromatic N) is 3. The van der Waals surface area contributed by atoms with E-state index in [2.05, 4.69) is 15.4 Å². The van der Waals surface area contributed by atoms with Gasteiger partial charge in [-0.3, -0.25) is 9.78 Å². The Hall–Kier alpha value is -3.93. The molecule has 28 heavy (non-hydrogen) atoms. The van der Waals surface area contributed by atoms with E-state index >= 15 is 0 Å². The Morgan fingerprint density at radius 3 is 2.61 bits per heavy atom. The molecule has 0 bridgehead atoms. The van der Waals surface area contributed by atoms with Gasteiger partial charge in [0.1, 0.15) is 11.4 Å². The number of hydrogen-bond donors (Lipinski definition) is 2. The quantitative estimate of drug-likeness (QED) is 0.528. The Bertz CT molecular complexity index is 1120. The van der Waals surface area contributed by atoms with Crippen molar-refractivity contribution >= 4 is 11.6 Å². The first-order valence-electron chi connectivity index (χ1n) is 8.78. The summed E-state index contributed by atoms with van der Waals surface area (Å²) in [5.41, 5.74) is 3.72. The summed E-state index contributed by atoms with van der Waals surface area (Å²) in [6.45, 7) is 1.87. The number of hydrogen-bond acceptors (Lipinski definition) is 4. The fourth-order valence-electron chi connectivity index (χ4n) is 2.91. The molecule has 6 heteroatoms. The van der Waals surface area contributed by atoms with Crippen LogP contribution in [0.4, 0.5) is 5.69 Å². The summed E-state index contributed by atoms with van der Waals surface area (Å²) in [6, 6.07) is 18.3. The third-order valence-electron chi connectivity index (χ3n) is 4.32. The second-order valence-electron chi connectivity index (χ2n) is 6.39. The van der Waals surface area contributed by atoms with Crippen LogP contribution in [0.3, 0.4) is 0 Å². The Kier molecular flexibility index (Phi) is 4.60. The van der Waals surface area contributed by atoms with Gasteiger partial charge in [-0.15, -0.1) is 0 Å². The smallest absolute Gasteiger partial charge is 0.259 e. The highest BCUT2D eigenvalue weighted by Gasteiger charge is 2.20. The van der Waals surface area contributed by atoms with Gasteiger partial charge in [0.05, 0.1) is 16.9 Å². The molecule has 2 N–H and O–H groups in total. The van der Waals surface area contributed by atoms with Gasteiger partial charge in [0.25, 0.3) is 5.91 Å². The van der Waals surface area contributed by atoms with Crippen molar-refractivity contribution in [1.29, 1.82) is 0 Å². The topological polar surface area (TPSA) is 80.0 Å². The SMILES string of the molecule is Cc1ccc(NC(=O)c2cn(-c3ccccc3)nc2-c2cccnc2)c(O)c1. The highest BCUT2D eigenvalue weighted by molar-refractivity contribution is 6.08. The summed E-state index contributed by atoms with van der Waals surface area (Å²) in [5, 5.41) is 17.5. The number of anilines is 1. The number of phenols is 1. The van der Waals surface area contributed by atoms with Crippen LogP contribution in [0.1, 0.15) is 15.9 Å². The van der Waals surface area contributed by atoms with Crippen LogP contribution in [0.25, 0.3) is 16.9 Å². The van der Waals surface area contributed by atoms with Gasteiger partial charge in [0.15, 0.2) is 0 Å². The van der Waals surface area contributed by atoms with Crippen LogP contribution >= 0.6 is 0 Å². The maximum Gasteiger partial charge on any atom is 0.259 e. The van der Waals surface area contributed by atoms with Crippen molar-refractivity contribution in [2.24, 2.45) is 0 Å². The van der Waals surface area contributed by atoms with E-state index in [4.69, 9.17) is 0 Å². The molecule has 6 nitrogen and oxygen atoms in total. The second kappa shape index (κ2) is 7.36. The van der Waals surface area contributed by atoms with Crippen LogP contribution < -0.4 is 5.32 Å². The van der Waals surface area contributed by atoms with Crippen LogP contribution in [0.5, 0.6) is 5.75 Å². The molecule has 0 spiro atoms. The number of carbonyl (C=O) groups excluding carboxylic acids is 1. The molecule has 1 amide bonds. The molecule has 0 atom stereocenters. The van der Waals surface area contributed by atoms with Crippen LogP contribution in [-0.4, -0.2) is 25.8 Å². The molecular formula is C22H18N4O2. The minimum absolute atomic E-state index is 0.0201. The lowest BCUT2D eigenvalue weighted by atomic mass is 10.1. The number of aromatic hydroxyl groups is 1. The number of para-hydroxylation sites is 1. The van der Waals surface area contributed by atoms with Crippen LogP contribution in [0.2, 0.25) is 0 Å². The summed E-state index contributed by atoms with van der Waals surface area (Å²) in [4.78, 5) is 17.1. The Balaban J connectivity index is 1.76. The van der Waals surface area contributed by atoms with Crippen molar-refractivity contribution in [3.05, 3.63) is 90.4 Å². The molecule has 0 aliphatic carbocycles. The number of benzene rings is 2. The highest BCUT2D eigenvalue weighted by Crippen LogP contribution is 2.27. The molecule has 2 heterocycles. The van der Waals surface area contributed by atoms with Crippen molar-refractivity contribution in [2.75, 3.05) is 5.32 Å². The fourth-order valence-corrected chi connectivity index (χ4v) is 2.91. The number of rotatable bonds is 4. The van der Waals surface area contributed by atoms with E-state index in [0.717, 1.165) is 16.8 Å². The lowest BCUT2D eigenvalue weighted by molar-refractivity contribution is 0.102. The first-order chi connectivity index (χ1) is 13.6. The van der Waals surface area contributed by atoms with Crippen molar-refractivity contribution in [3.8, 4) is 22.7 Å². The minimum atomic E-state index is -0.361. The Labute approximate surface area is 162 Å². The third-order valence-corrected chi connectivity index (χ3v) is 4.32. The molecule has 4 rings (SSSR count). The van der Waals surface area contributed by atoms with Gasteiger partial charge in [-0.2, -0.15) is 5.10 Å². The number of pyridine rings is 1. The average Bonchev–Trinajstić information content (AvgIpc) is 3.17. The molecule has 0 radical (unpaired) electrons. The summed E-state index contributed by atoms with van der Waals surface area (Å²) >= 11 is 0. The van der Waals surface area contributed by atoms with E-state index in [9.17, 15) is 9.90 Å². The zero-order valence-electron chi connectivity index (χ0n) is 15.2. The molecule has 138 valence electrons. The standard InChI is InChI=1S/C22H18N4O2/c1-15-9-10-19(20(27)12-15)24-22(28)18-14-26(17-7-3-2-4-8-17)25-21(18)16-6-5-11-23-13-16/h2-14,27H,1H3,(H,24,28). The van der Waals surface area contributed by atoms with E-state index in [1.807, 2.05) is 49.4 Å². The number of aryl methyl sites for hydroxylation is 1. The van der Waals surface area contributed by atoms with E-state index < -0.39 is 0 Å². The predicted octanol–water partition coefficient (Wildman–Crippen LogP) is 4.20.